The number of amides is 1. The number of hydrogen-bond acceptors (Lipinski definition) is 4. The van der Waals surface area contributed by atoms with E-state index in [-0.39, 0.29) is 11.7 Å². The minimum absolute atomic E-state index is 0.293. The van der Waals surface area contributed by atoms with Gasteiger partial charge >= 0.3 is 0 Å². The van der Waals surface area contributed by atoms with Gasteiger partial charge in [0.2, 0.25) is 0 Å². The summed E-state index contributed by atoms with van der Waals surface area (Å²) in [5, 5.41) is 3.59. The van der Waals surface area contributed by atoms with Gasteiger partial charge in [0.15, 0.2) is 5.16 Å². The van der Waals surface area contributed by atoms with E-state index in [9.17, 15) is 9.18 Å². The Morgan fingerprint density at radius 3 is 2.50 bits per heavy atom. The molecular formula is C19H19FN4OS. The summed E-state index contributed by atoms with van der Waals surface area (Å²) in [6.45, 7) is 5.71. The van der Waals surface area contributed by atoms with E-state index in [0.29, 0.717) is 22.2 Å². The SMILES string of the molecule is CSc1ncc(C(=O)Nc2c(C)cc(C)nc2C)n1-c1ccc(F)cc1. The lowest BCUT2D eigenvalue weighted by Crippen LogP contribution is -2.18. The maximum absolute atomic E-state index is 13.3. The third-order valence-electron chi connectivity index (χ3n) is 3.99. The highest BCUT2D eigenvalue weighted by Gasteiger charge is 2.19. The van der Waals surface area contributed by atoms with E-state index in [1.165, 1.54) is 30.1 Å². The van der Waals surface area contributed by atoms with Crippen molar-refractivity contribution >= 4 is 23.4 Å². The van der Waals surface area contributed by atoms with Crippen LogP contribution in [0.5, 0.6) is 0 Å². The van der Waals surface area contributed by atoms with E-state index in [0.717, 1.165) is 17.0 Å². The third kappa shape index (κ3) is 3.48. The number of halogens is 1. The molecule has 0 bridgehead atoms. The Morgan fingerprint density at radius 2 is 1.88 bits per heavy atom. The second-order valence-electron chi connectivity index (χ2n) is 5.94. The molecule has 0 radical (unpaired) electrons. The van der Waals surface area contributed by atoms with Crippen molar-refractivity contribution < 1.29 is 9.18 Å². The molecule has 0 unspecified atom stereocenters. The van der Waals surface area contributed by atoms with Crippen LogP contribution >= 0.6 is 11.8 Å². The molecule has 0 saturated heterocycles. The lowest BCUT2D eigenvalue weighted by molar-refractivity contribution is 0.102. The Bertz CT molecular complexity index is 943. The van der Waals surface area contributed by atoms with Gasteiger partial charge in [-0.3, -0.25) is 14.3 Å². The number of rotatable bonds is 4. The summed E-state index contributed by atoms with van der Waals surface area (Å²) in [5.74, 6) is -0.624. The van der Waals surface area contributed by atoms with Gasteiger partial charge < -0.3 is 5.32 Å². The Hall–Kier alpha value is -2.67. The first-order valence-electron chi connectivity index (χ1n) is 8.04. The number of pyridine rings is 1. The van der Waals surface area contributed by atoms with Crippen molar-refractivity contribution in [3.05, 3.63) is 65.0 Å². The minimum Gasteiger partial charge on any atom is -0.319 e. The van der Waals surface area contributed by atoms with Crippen LogP contribution in [-0.4, -0.2) is 26.7 Å². The summed E-state index contributed by atoms with van der Waals surface area (Å²) >= 11 is 1.41. The predicted molar refractivity (Wildman–Crippen MR) is 102 cm³/mol. The van der Waals surface area contributed by atoms with Crippen LogP contribution in [0.25, 0.3) is 5.69 Å². The van der Waals surface area contributed by atoms with E-state index in [4.69, 9.17) is 0 Å². The van der Waals surface area contributed by atoms with Crippen molar-refractivity contribution in [2.75, 3.05) is 11.6 Å². The molecule has 2 aromatic heterocycles. The number of benzene rings is 1. The first-order valence-corrected chi connectivity index (χ1v) is 9.27. The predicted octanol–water partition coefficient (Wildman–Crippen LogP) is 4.31. The molecule has 0 aliphatic carbocycles. The molecule has 26 heavy (non-hydrogen) atoms. The molecule has 0 aliphatic heterocycles. The highest BCUT2D eigenvalue weighted by atomic mass is 32.2. The number of anilines is 1. The number of carbonyl (C=O) groups is 1. The molecule has 0 aliphatic rings. The van der Waals surface area contributed by atoms with Crippen molar-refractivity contribution in [2.24, 2.45) is 0 Å². The molecule has 1 amide bonds. The van der Waals surface area contributed by atoms with Crippen LogP contribution < -0.4 is 5.32 Å². The van der Waals surface area contributed by atoms with Crippen molar-refractivity contribution in [1.29, 1.82) is 0 Å². The monoisotopic (exact) mass is 370 g/mol. The average Bonchev–Trinajstić information content (AvgIpc) is 3.02. The molecule has 1 N–H and O–H groups in total. The summed E-state index contributed by atoms with van der Waals surface area (Å²) in [5.41, 5.74) is 4.35. The number of thioether (sulfide) groups is 1. The van der Waals surface area contributed by atoms with Crippen molar-refractivity contribution in [3.8, 4) is 5.69 Å². The normalized spacial score (nSPS) is 10.8. The fourth-order valence-corrected chi connectivity index (χ4v) is 3.41. The molecule has 134 valence electrons. The van der Waals surface area contributed by atoms with Crippen LogP contribution in [0.1, 0.15) is 27.4 Å². The average molecular weight is 370 g/mol. The standard InChI is InChI=1S/C19H19FN4OS/c1-11-9-12(2)22-13(3)17(11)23-18(25)16-10-21-19(26-4)24(16)15-7-5-14(20)6-8-15/h5-10H,1-4H3,(H,23,25). The van der Waals surface area contributed by atoms with Gasteiger partial charge in [-0.15, -0.1) is 0 Å². The van der Waals surface area contributed by atoms with E-state index < -0.39 is 0 Å². The number of nitrogens with one attached hydrogen (secondary N) is 1. The maximum Gasteiger partial charge on any atom is 0.274 e. The highest BCUT2D eigenvalue weighted by Crippen LogP contribution is 2.24. The fraction of sp³-hybridized carbons (Fsp3) is 0.211. The first-order chi connectivity index (χ1) is 12.4. The first kappa shape index (κ1) is 18.1. The highest BCUT2D eigenvalue weighted by molar-refractivity contribution is 7.98. The number of aryl methyl sites for hydroxylation is 3. The van der Waals surface area contributed by atoms with E-state index in [1.54, 1.807) is 16.7 Å². The molecular weight excluding hydrogens is 351 g/mol. The third-order valence-corrected chi connectivity index (χ3v) is 4.65. The molecule has 0 saturated carbocycles. The second-order valence-corrected chi connectivity index (χ2v) is 6.71. The lowest BCUT2D eigenvalue weighted by Gasteiger charge is -2.14. The van der Waals surface area contributed by atoms with Gasteiger partial charge in [-0.05, 0) is 62.9 Å². The van der Waals surface area contributed by atoms with Crippen LogP contribution in [-0.2, 0) is 0 Å². The van der Waals surface area contributed by atoms with E-state index >= 15 is 0 Å². The molecule has 3 aromatic rings. The van der Waals surface area contributed by atoms with Gasteiger partial charge in [0.05, 0.1) is 17.6 Å². The molecule has 7 heteroatoms. The molecule has 5 nitrogen and oxygen atoms in total. The summed E-state index contributed by atoms with van der Waals surface area (Å²) in [6, 6.07) is 7.89. The van der Waals surface area contributed by atoms with Crippen LogP contribution in [0.3, 0.4) is 0 Å². The lowest BCUT2D eigenvalue weighted by atomic mass is 10.1. The summed E-state index contributed by atoms with van der Waals surface area (Å²) in [4.78, 5) is 21.6. The van der Waals surface area contributed by atoms with Crippen LogP contribution in [0, 0.1) is 26.6 Å². The number of carbonyl (C=O) groups excluding carboxylic acids is 1. The summed E-state index contributed by atoms with van der Waals surface area (Å²) in [7, 11) is 0. The Balaban J connectivity index is 2.01. The number of imidazole rings is 1. The van der Waals surface area contributed by atoms with Gasteiger partial charge in [0.25, 0.3) is 5.91 Å². The Morgan fingerprint density at radius 1 is 1.19 bits per heavy atom. The van der Waals surface area contributed by atoms with Gasteiger partial charge in [-0.1, -0.05) is 11.8 Å². The zero-order chi connectivity index (χ0) is 18.8. The maximum atomic E-state index is 13.3. The Labute approximate surface area is 155 Å². The quantitative estimate of drug-likeness (QED) is 0.696. The smallest absolute Gasteiger partial charge is 0.274 e. The molecule has 2 heterocycles. The zero-order valence-corrected chi connectivity index (χ0v) is 15.8. The van der Waals surface area contributed by atoms with Crippen molar-refractivity contribution in [2.45, 2.75) is 25.9 Å². The molecule has 1 aromatic carbocycles. The van der Waals surface area contributed by atoms with Crippen molar-refractivity contribution in [3.63, 3.8) is 0 Å². The second kappa shape index (κ2) is 7.29. The minimum atomic E-state index is -0.331. The molecule has 0 spiro atoms. The Kier molecular flexibility index (Phi) is 5.08. The molecule has 0 fully saturated rings. The van der Waals surface area contributed by atoms with Gasteiger partial charge in [0, 0.05) is 11.4 Å². The van der Waals surface area contributed by atoms with E-state index in [2.05, 4.69) is 15.3 Å². The summed E-state index contributed by atoms with van der Waals surface area (Å²) < 4.78 is 15.0. The van der Waals surface area contributed by atoms with Gasteiger partial charge in [-0.2, -0.15) is 0 Å². The van der Waals surface area contributed by atoms with Crippen molar-refractivity contribution in [1.82, 2.24) is 14.5 Å². The molecule has 3 rings (SSSR count). The summed E-state index contributed by atoms with van der Waals surface area (Å²) in [6.07, 6.45) is 3.40. The number of aromatic nitrogens is 3. The zero-order valence-electron chi connectivity index (χ0n) is 15.0. The van der Waals surface area contributed by atoms with Gasteiger partial charge in [0.1, 0.15) is 11.5 Å². The van der Waals surface area contributed by atoms with E-state index in [1.807, 2.05) is 33.1 Å². The van der Waals surface area contributed by atoms with Crippen LogP contribution in [0.2, 0.25) is 0 Å². The van der Waals surface area contributed by atoms with Crippen LogP contribution in [0.15, 0.2) is 41.7 Å². The van der Waals surface area contributed by atoms with Crippen LogP contribution in [0.4, 0.5) is 10.1 Å². The van der Waals surface area contributed by atoms with Gasteiger partial charge in [-0.25, -0.2) is 9.37 Å². The number of nitrogens with zero attached hydrogens (tertiary/aromatic N) is 3. The topological polar surface area (TPSA) is 59.8 Å². The fourth-order valence-electron chi connectivity index (χ4n) is 2.87. The largest absolute Gasteiger partial charge is 0.319 e. The molecule has 0 atom stereocenters. The number of hydrogen-bond donors (Lipinski definition) is 1.